The molecule has 0 amide bonds. The summed E-state index contributed by atoms with van der Waals surface area (Å²) in [6, 6.07) is 130. The lowest BCUT2D eigenvalue weighted by atomic mass is 9.73. The Morgan fingerprint density at radius 1 is 0.114 bits per heavy atom. The molecule has 0 spiro atoms. The van der Waals surface area contributed by atoms with Crippen LogP contribution in [0.1, 0.15) is 0 Å². The first-order chi connectivity index (χ1) is 43.8. The molecule has 0 nitrogen and oxygen atoms in total. The average Bonchev–Trinajstić information content (AvgIpc) is 0.769. The highest BCUT2D eigenvalue weighted by molar-refractivity contribution is 6.31. The van der Waals surface area contributed by atoms with E-state index >= 15 is 0 Å². The van der Waals surface area contributed by atoms with Crippen LogP contribution in [0, 0.1) is 0 Å². The van der Waals surface area contributed by atoms with Gasteiger partial charge in [0.1, 0.15) is 0 Å². The minimum absolute atomic E-state index is 1.16. The third-order valence-electron chi connectivity index (χ3n) is 17.8. The molecule has 16 rings (SSSR count). The summed E-state index contributed by atoms with van der Waals surface area (Å²) >= 11 is 0. The van der Waals surface area contributed by atoms with E-state index in [4.69, 9.17) is 0 Å². The minimum Gasteiger partial charge on any atom is -0.0622 e. The second kappa shape index (κ2) is 22.5. The zero-order valence-electron chi connectivity index (χ0n) is 48.5. The van der Waals surface area contributed by atoms with Crippen LogP contribution in [0.5, 0.6) is 0 Å². The molecular weight excluding hydrogens is 1060 g/mol. The molecule has 0 aliphatic rings. The van der Waals surface area contributed by atoms with E-state index in [9.17, 15) is 0 Å². The van der Waals surface area contributed by atoms with E-state index in [1.807, 2.05) is 0 Å². The SMILES string of the molecule is c1ccc(-c2c(-c3ccccc3)c(-c3ccccc3)c(-c3ccc4ccc5c(-c6c(-c7ccccc7)c(-c7ccccc7)c(-c7ccccc7)c(-c7ccccc7)c6-c6ccccc6)ccc6ccc3c4c65)c(-c3ccccc3)c2-c2ccccc2)cc1. The standard InChI is InChI=1S/C88H58/c1-11-31-59(32-12-1)77-79(61-35-15-3-16-36-61)83(65-43-23-7-24-44-65)87(84(66-45-25-8-26-46-66)80(77)62-37-17-4-18-38-62)73-57-53-69-52-56-72-74(58-54-70-51-55-71(73)75(69)76(70)72)88-85(67-47-27-9-28-48-67)81(63-39-19-5-20-40-63)78(60-33-13-2-14-34-60)82(64-41-21-6-22-42-64)86(88)68-49-29-10-30-50-68/h1-58H. The molecule has 16 aromatic rings. The van der Waals surface area contributed by atoms with E-state index in [1.54, 1.807) is 0 Å². The maximum atomic E-state index is 2.42. The number of hydrogen-bond donors (Lipinski definition) is 0. The Kier molecular flexibility index (Phi) is 13.3. The fourth-order valence-electron chi connectivity index (χ4n) is 14.2. The van der Waals surface area contributed by atoms with Crippen LogP contribution in [-0.4, -0.2) is 0 Å². The summed E-state index contributed by atoms with van der Waals surface area (Å²) in [5.41, 5.74) is 28.3. The maximum absolute atomic E-state index is 2.42. The molecule has 0 heterocycles. The highest BCUT2D eigenvalue weighted by atomic mass is 14.4. The Hall–Kier alpha value is -11.4. The lowest BCUT2D eigenvalue weighted by molar-refractivity contribution is 1.52. The molecule has 0 bridgehead atoms. The van der Waals surface area contributed by atoms with Gasteiger partial charge in [0.25, 0.3) is 0 Å². The van der Waals surface area contributed by atoms with Gasteiger partial charge in [0, 0.05) is 0 Å². The molecule has 88 heavy (non-hydrogen) atoms. The molecule has 410 valence electrons. The normalized spacial score (nSPS) is 11.4. The molecule has 0 unspecified atom stereocenters. The van der Waals surface area contributed by atoms with Gasteiger partial charge in [0.2, 0.25) is 0 Å². The largest absolute Gasteiger partial charge is 0.0622 e. The Balaban J connectivity index is 1.10. The second-order valence-electron chi connectivity index (χ2n) is 22.8. The number of benzene rings is 16. The summed E-state index contributed by atoms with van der Waals surface area (Å²) in [5, 5.41) is 7.30. The molecule has 0 radical (unpaired) electrons. The van der Waals surface area contributed by atoms with Crippen LogP contribution >= 0.6 is 0 Å². The average molecular weight is 1120 g/mol. The molecule has 0 atom stereocenters. The van der Waals surface area contributed by atoms with Crippen LogP contribution < -0.4 is 0 Å². The quantitative estimate of drug-likeness (QED) is 0.107. The van der Waals surface area contributed by atoms with Gasteiger partial charge in [0.15, 0.2) is 0 Å². The minimum atomic E-state index is 1.16. The van der Waals surface area contributed by atoms with Crippen molar-refractivity contribution in [3.8, 4) is 134 Å². The zero-order valence-corrected chi connectivity index (χ0v) is 48.5. The molecule has 0 saturated heterocycles. The smallest absolute Gasteiger partial charge is 0.000763 e. The Morgan fingerprint density at radius 3 is 0.432 bits per heavy atom. The Bertz CT molecular complexity index is 4610. The molecule has 0 fully saturated rings. The third kappa shape index (κ3) is 8.93. The predicted molar refractivity (Wildman–Crippen MR) is 375 cm³/mol. The molecule has 0 N–H and O–H groups in total. The van der Waals surface area contributed by atoms with Crippen molar-refractivity contribution < 1.29 is 0 Å². The summed E-state index contributed by atoms with van der Waals surface area (Å²) < 4.78 is 0. The topological polar surface area (TPSA) is 0 Å². The molecule has 16 aromatic carbocycles. The summed E-state index contributed by atoms with van der Waals surface area (Å²) in [6.07, 6.45) is 0. The fourth-order valence-corrected chi connectivity index (χ4v) is 14.2. The van der Waals surface area contributed by atoms with Gasteiger partial charge in [0.05, 0.1) is 0 Å². The van der Waals surface area contributed by atoms with Gasteiger partial charge in [-0.3, -0.25) is 0 Å². The van der Waals surface area contributed by atoms with E-state index in [0.29, 0.717) is 0 Å². The van der Waals surface area contributed by atoms with E-state index in [2.05, 4.69) is 352 Å². The third-order valence-corrected chi connectivity index (χ3v) is 17.8. The second-order valence-corrected chi connectivity index (χ2v) is 22.8. The molecule has 0 heteroatoms. The first kappa shape index (κ1) is 52.1. The summed E-state index contributed by atoms with van der Waals surface area (Å²) in [4.78, 5) is 0. The summed E-state index contributed by atoms with van der Waals surface area (Å²) in [6.45, 7) is 0. The van der Waals surface area contributed by atoms with Gasteiger partial charge >= 0.3 is 0 Å². The molecular formula is C88H58. The molecule has 0 aromatic heterocycles. The monoisotopic (exact) mass is 1110 g/mol. The highest BCUT2D eigenvalue weighted by Gasteiger charge is 2.33. The molecule has 0 saturated carbocycles. The fraction of sp³-hybridized carbons (Fsp3) is 0. The van der Waals surface area contributed by atoms with Gasteiger partial charge in [-0.2, -0.15) is 0 Å². The van der Waals surface area contributed by atoms with Crippen molar-refractivity contribution in [3.63, 3.8) is 0 Å². The Labute approximate surface area is 514 Å². The zero-order chi connectivity index (χ0) is 58.3. The number of rotatable bonds is 12. The number of hydrogen-bond acceptors (Lipinski definition) is 0. The van der Waals surface area contributed by atoms with Gasteiger partial charge in [-0.25, -0.2) is 0 Å². The Morgan fingerprint density at radius 2 is 0.261 bits per heavy atom. The van der Waals surface area contributed by atoms with Crippen molar-refractivity contribution in [3.05, 3.63) is 352 Å². The van der Waals surface area contributed by atoms with Crippen LogP contribution in [0.4, 0.5) is 0 Å². The van der Waals surface area contributed by atoms with Crippen molar-refractivity contribution in [2.24, 2.45) is 0 Å². The van der Waals surface area contributed by atoms with Crippen LogP contribution in [0.2, 0.25) is 0 Å². The van der Waals surface area contributed by atoms with E-state index in [0.717, 1.165) is 55.6 Å². The first-order valence-corrected chi connectivity index (χ1v) is 30.5. The lowest BCUT2D eigenvalue weighted by Crippen LogP contribution is -2.03. The lowest BCUT2D eigenvalue weighted by Gasteiger charge is -2.30. The molecule has 0 aliphatic heterocycles. The van der Waals surface area contributed by atoms with Crippen LogP contribution in [0.3, 0.4) is 0 Å². The van der Waals surface area contributed by atoms with Crippen molar-refractivity contribution >= 4 is 32.3 Å². The van der Waals surface area contributed by atoms with E-state index in [1.165, 1.54) is 110 Å². The van der Waals surface area contributed by atoms with Crippen molar-refractivity contribution in [2.75, 3.05) is 0 Å². The van der Waals surface area contributed by atoms with Crippen LogP contribution in [0.25, 0.3) is 166 Å². The maximum Gasteiger partial charge on any atom is -0.000763 e. The predicted octanol–water partition coefficient (Wildman–Crippen LogP) is 24.6. The summed E-state index contributed by atoms with van der Waals surface area (Å²) in [7, 11) is 0. The van der Waals surface area contributed by atoms with Crippen molar-refractivity contribution in [2.45, 2.75) is 0 Å². The van der Waals surface area contributed by atoms with E-state index < -0.39 is 0 Å². The van der Waals surface area contributed by atoms with Gasteiger partial charge in [-0.05, 0) is 166 Å². The van der Waals surface area contributed by atoms with Gasteiger partial charge < -0.3 is 0 Å². The first-order valence-electron chi connectivity index (χ1n) is 30.5. The van der Waals surface area contributed by atoms with Gasteiger partial charge in [-0.15, -0.1) is 0 Å². The highest BCUT2D eigenvalue weighted by Crippen LogP contribution is 2.60. The van der Waals surface area contributed by atoms with E-state index in [-0.39, 0.29) is 0 Å². The summed E-state index contributed by atoms with van der Waals surface area (Å²) in [5.74, 6) is 0. The van der Waals surface area contributed by atoms with Crippen molar-refractivity contribution in [1.29, 1.82) is 0 Å². The molecule has 0 aliphatic carbocycles. The van der Waals surface area contributed by atoms with Crippen LogP contribution in [0.15, 0.2) is 352 Å². The van der Waals surface area contributed by atoms with Crippen LogP contribution in [-0.2, 0) is 0 Å². The van der Waals surface area contributed by atoms with Gasteiger partial charge in [-0.1, -0.05) is 352 Å². The van der Waals surface area contributed by atoms with Crippen molar-refractivity contribution in [1.82, 2.24) is 0 Å².